The Hall–Kier alpha value is -2.43. The van der Waals surface area contributed by atoms with Crippen molar-refractivity contribution >= 4 is 11.7 Å². The van der Waals surface area contributed by atoms with Gasteiger partial charge in [-0.3, -0.25) is 4.79 Å². The quantitative estimate of drug-likeness (QED) is 0.871. The van der Waals surface area contributed by atoms with Gasteiger partial charge in [-0.05, 0) is 29.8 Å². The Kier molecular flexibility index (Phi) is 4.32. The molecule has 2 heterocycles. The van der Waals surface area contributed by atoms with Crippen molar-refractivity contribution in [2.24, 2.45) is 0 Å². The number of pyridine rings is 1. The summed E-state index contributed by atoms with van der Waals surface area (Å²) in [4.78, 5) is 20.6. The fourth-order valence-electron chi connectivity index (χ4n) is 2.66. The SMILES string of the molecule is O=C(Cc1cccc(F)c1)N1CCN(c2ccccn2)CC1. The van der Waals surface area contributed by atoms with Gasteiger partial charge in [-0.15, -0.1) is 0 Å². The zero-order chi connectivity index (χ0) is 15.4. The van der Waals surface area contributed by atoms with E-state index in [1.807, 2.05) is 23.1 Å². The van der Waals surface area contributed by atoms with Gasteiger partial charge in [0.1, 0.15) is 11.6 Å². The number of nitrogens with zero attached hydrogens (tertiary/aromatic N) is 3. The minimum atomic E-state index is -0.301. The Labute approximate surface area is 129 Å². The van der Waals surface area contributed by atoms with Crippen LogP contribution in [-0.4, -0.2) is 42.0 Å². The minimum Gasteiger partial charge on any atom is -0.353 e. The summed E-state index contributed by atoms with van der Waals surface area (Å²) in [5.74, 6) is 0.691. The number of piperazine rings is 1. The average molecular weight is 299 g/mol. The third kappa shape index (κ3) is 3.42. The number of rotatable bonds is 3. The molecule has 0 radical (unpaired) electrons. The van der Waals surface area contributed by atoms with E-state index in [4.69, 9.17) is 0 Å². The van der Waals surface area contributed by atoms with Crippen LogP contribution in [0.2, 0.25) is 0 Å². The molecule has 1 aliphatic rings. The topological polar surface area (TPSA) is 36.4 Å². The lowest BCUT2D eigenvalue weighted by molar-refractivity contribution is -0.130. The highest BCUT2D eigenvalue weighted by molar-refractivity contribution is 5.79. The Morgan fingerprint density at radius 3 is 2.59 bits per heavy atom. The Morgan fingerprint density at radius 1 is 1.09 bits per heavy atom. The van der Waals surface area contributed by atoms with Crippen molar-refractivity contribution in [1.82, 2.24) is 9.88 Å². The smallest absolute Gasteiger partial charge is 0.227 e. The van der Waals surface area contributed by atoms with Crippen molar-refractivity contribution in [3.8, 4) is 0 Å². The van der Waals surface area contributed by atoms with Crippen LogP contribution in [0.4, 0.5) is 10.2 Å². The molecule has 3 rings (SSSR count). The van der Waals surface area contributed by atoms with Crippen LogP contribution in [0.3, 0.4) is 0 Å². The highest BCUT2D eigenvalue weighted by Gasteiger charge is 2.21. The lowest BCUT2D eigenvalue weighted by Crippen LogP contribution is -2.49. The first-order valence-corrected chi connectivity index (χ1v) is 7.40. The van der Waals surface area contributed by atoms with Gasteiger partial charge in [0.15, 0.2) is 0 Å². The first-order chi connectivity index (χ1) is 10.7. The summed E-state index contributed by atoms with van der Waals surface area (Å²) in [7, 11) is 0. The van der Waals surface area contributed by atoms with Crippen LogP contribution in [0.15, 0.2) is 48.7 Å². The largest absolute Gasteiger partial charge is 0.353 e. The summed E-state index contributed by atoms with van der Waals surface area (Å²) in [6.45, 7) is 2.88. The van der Waals surface area contributed by atoms with E-state index in [1.165, 1.54) is 12.1 Å². The van der Waals surface area contributed by atoms with Gasteiger partial charge in [0.2, 0.25) is 5.91 Å². The summed E-state index contributed by atoms with van der Waals surface area (Å²) in [5, 5.41) is 0. The molecule has 5 heteroatoms. The van der Waals surface area contributed by atoms with Crippen LogP contribution in [-0.2, 0) is 11.2 Å². The Bertz CT molecular complexity index is 639. The Morgan fingerprint density at radius 2 is 1.91 bits per heavy atom. The molecule has 1 saturated heterocycles. The predicted octanol–water partition coefficient (Wildman–Crippen LogP) is 2.11. The summed E-state index contributed by atoms with van der Waals surface area (Å²) in [6, 6.07) is 12.1. The second-order valence-electron chi connectivity index (χ2n) is 5.36. The second-order valence-corrected chi connectivity index (χ2v) is 5.36. The van der Waals surface area contributed by atoms with E-state index in [9.17, 15) is 9.18 Å². The van der Waals surface area contributed by atoms with E-state index in [-0.39, 0.29) is 18.1 Å². The maximum atomic E-state index is 13.2. The lowest BCUT2D eigenvalue weighted by atomic mass is 10.1. The molecule has 1 fully saturated rings. The van der Waals surface area contributed by atoms with Gasteiger partial charge in [0, 0.05) is 32.4 Å². The van der Waals surface area contributed by atoms with E-state index in [1.54, 1.807) is 18.3 Å². The summed E-state index contributed by atoms with van der Waals surface area (Å²) in [6.07, 6.45) is 2.03. The van der Waals surface area contributed by atoms with Crippen molar-refractivity contribution in [1.29, 1.82) is 0 Å². The average Bonchev–Trinajstić information content (AvgIpc) is 2.56. The van der Waals surface area contributed by atoms with Gasteiger partial charge < -0.3 is 9.80 Å². The summed E-state index contributed by atoms with van der Waals surface area (Å²) >= 11 is 0. The zero-order valence-corrected chi connectivity index (χ0v) is 12.3. The summed E-state index contributed by atoms with van der Waals surface area (Å²) in [5.41, 5.74) is 0.720. The molecule has 2 aromatic rings. The number of hydrogen-bond donors (Lipinski definition) is 0. The van der Waals surface area contributed by atoms with Gasteiger partial charge in [-0.25, -0.2) is 9.37 Å². The number of hydrogen-bond acceptors (Lipinski definition) is 3. The van der Waals surface area contributed by atoms with Crippen molar-refractivity contribution < 1.29 is 9.18 Å². The molecule has 0 bridgehead atoms. The fourth-order valence-corrected chi connectivity index (χ4v) is 2.66. The molecular formula is C17H18FN3O. The molecule has 4 nitrogen and oxygen atoms in total. The maximum Gasteiger partial charge on any atom is 0.227 e. The highest BCUT2D eigenvalue weighted by Crippen LogP contribution is 2.13. The molecule has 0 unspecified atom stereocenters. The standard InChI is InChI=1S/C17H18FN3O/c18-15-5-3-4-14(12-15)13-17(22)21-10-8-20(9-11-21)16-6-1-2-7-19-16/h1-7,12H,8-11,13H2. The molecule has 0 spiro atoms. The lowest BCUT2D eigenvalue weighted by Gasteiger charge is -2.35. The van der Waals surface area contributed by atoms with Crippen LogP contribution in [0, 0.1) is 5.82 Å². The van der Waals surface area contributed by atoms with Crippen LogP contribution in [0.5, 0.6) is 0 Å². The van der Waals surface area contributed by atoms with Crippen molar-refractivity contribution in [2.75, 3.05) is 31.1 Å². The molecule has 22 heavy (non-hydrogen) atoms. The van der Waals surface area contributed by atoms with Crippen LogP contribution in [0.25, 0.3) is 0 Å². The number of halogens is 1. The number of carbonyl (C=O) groups excluding carboxylic acids is 1. The van der Waals surface area contributed by atoms with E-state index < -0.39 is 0 Å². The number of benzene rings is 1. The number of amides is 1. The second kappa shape index (κ2) is 6.56. The molecule has 1 aromatic carbocycles. The van der Waals surface area contributed by atoms with Crippen LogP contribution in [0.1, 0.15) is 5.56 Å². The molecule has 0 aliphatic carbocycles. The number of aromatic nitrogens is 1. The molecule has 0 saturated carbocycles. The molecule has 114 valence electrons. The molecular weight excluding hydrogens is 281 g/mol. The van der Waals surface area contributed by atoms with E-state index in [0.717, 1.165) is 24.5 Å². The van der Waals surface area contributed by atoms with Crippen molar-refractivity contribution in [3.05, 3.63) is 60.0 Å². The van der Waals surface area contributed by atoms with Gasteiger partial charge in [0.25, 0.3) is 0 Å². The predicted molar refractivity (Wildman–Crippen MR) is 83.1 cm³/mol. The van der Waals surface area contributed by atoms with Crippen LogP contribution >= 0.6 is 0 Å². The third-order valence-electron chi connectivity index (χ3n) is 3.85. The van der Waals surface area contributed by atoms with Gasteiger partial charge in [-0.1, -0.05) is 18.2 Å². The highest BCUT2D eigenvalue weighted by atomic mass is 19.1. The van der Waals surface area contributed by atoms with Gasteiger partial charge in [0.05, 0.1) is 6.42 Å². The molecule has 1 aliphatic heterocycles. The molecule has 1 aromatic heterocycles. The molecule has 0 atom stereocenters. The molecule has 0 N–H and O–H groups in total. The number of carbonyl (C=O) groups is 1. The number of anilines is 1. The summed E-state index contributed by atoms with van der Waals surface area (Å²) < 4.78 is 13.2. The fraction of sp³-hybridized carbons (Fsp3) is 0.294. The minimum absolute atomic E-state index is 0.0475. The van der Waals surface area contributed by atoms with Gasteiger partial charge in [-0.2, -0.15) is 0 Å². The zero-order valence-electron chi connectivity index (χ0n) is 12.3. The van der Waals surface area contributed by atoms with Gasteiger partial charge >= 0.3 is 0 Å². The van der Waals surface area contributed by atoms with Crippen LogP contribution < -0.4 is 4.90 Å². The normalized spacial score (nSPS) is 15.0. The van der Waals surface area contributed by atoms with E-state index in [0.29, 0.717) is 13.1 Å². The third-order valence-corrected chi connectivity index (χ3v) is 3.85. The Balaban J connectivity index is 1.56. The monoisotopic (exact) mass is 299 g/mol. The first-order valence-electron chi connectivity index (χ1n) is 7.40. The molecule has 1 amide bonds. The van der Waals surface area contributed by atoms with E-state index in [2.05, 4.69) is 9.88 Å². The van der Waals surface area contributed by atoms with Crippen molar-refractivity contribution in [3.63, 3.8) is 0 Å². The first kappa shape index (κ1) is 14.5. The van der Waals surface area contributed by atoms with E-state index >= 15 is 0 Å². The van der Waals surface area contributed by atoms with Crippen molar-refractivity contribution in [2.45, 2.75) is 6.42 Å². The maximum absolute atomic E-state index is 13.2.